The molecule has 0 saturated carbocycles. The molecule has 0 saturated heterocycles. The molecular formula is C8H8OS. The van der Waals surface area contributed by atoms with Crippen molar-refractivity contribution in [2.75, 3.05) is 0 Å². The van der Waals surface area contributed by atoms with E-state index in [-0.39, 0.29) is 6.10 Å². The van der Waals surface area contributed by atoms with Crippen LogP contribution in [0, 0.1) is 0 Å². The van der Waals surface area contributed by atoms with Crippen molar-refractivity contribution in [3.05, 3.63) is 23.3 Å². The summed E-state index contributed by atoms with van der Waals surface area (Å²) in [5.74, 6) is 0. The van der Waals surface area contributed by atoms with Gasteiger partial charge in [-0.1, -0.05) is 24.4 Å². The van der Waals surface area contributed by atoms with E-state index in [0.29, 0.717) is 0 Å². The van der Waals surface area contributed by atoms with Crippen LogP contribution in [0.25, 0.3) is 0 Å². The van der Waals surface area contributed by atoms with Crippen LogP contribution in [-0.2, 0) is 0 Å². The SMILES string of the molecule is OC1CC2=C1C=CCC2=S. The van der Waals surface area contributed by atoms with Crippen LogP contribution in [0.3, 0.4) is 0 Å². The second-order valence-corrected chi connectivity index (χ2v) is 3.18. The van der Waals surface area contributed by atoms with E-state index in [1.54, 1.807) is 0 Å². The minimum atomic E-state index is -0.232. The van der Waals surface area contributed by atoms with Crippen LogP contribution in [0.15, 0.2) is 23.3 Å². The first-order valence-corrected chi connectivity index (χ1v) is 3.80. The van der Waals surface area contributed by atoms with E-state index >= 15 is 0 Å². The zero-order valence-electron chi connectivity index (χ0n) is 5.50. The fraction of sp³-hybridized carbons (Fsp3) is 0.375. The topological polar surface area (TPSA) is 20.2 Å². The van der Waals surface area contributed by atoms with Gasteiger partial charge in [-0.05, 0) is 11.1 Å². The molecule has 2 aliphatic rings. The fourth-order valence-corrected chi connectivity index (χ4v) is 1.69. The Morgan fingerprint density at radius 3 is 3.00 bits per heavy atom. The summed E-state index contributed by atoms with van der Waals surface area (Å²) in [7, 11) is 0. The van der Waals surface area contributed by atoms with Crippen molar-refractivity contribution in [1.82, 2.24) is 0 Å². The molecule has 0 fully saturated rings. The molecule has 0 aromatic carbocycles. The number of hydrogen-bond acceptors (Lipinski definition) is 2. The first-order chi connectivity index (χ1) is 4.79. The van der Waals surface area contributed by atoms with E-state index in [4.69, 9.17) is 12.2 Å². The van der Waals surface area contributed by atoms with Gasteiger partial charge in [0.05, 0.1) is 6.10 Å². The summed E-state index contributed by atoms with van der Waals surface area (Å²) in [6, 6.07) is 0. The lowest BCUT2D eigenvalue weighted by Gasteiger charge is -2.30. The summed E-state index contributed by atoms with van der Waals surface area (Å²) in [5.41, 5.74) is 2.27. The van der Waals surface area contributed by atoms with Crippen molar-refractivity contribution in [3.8, 4) is 0 Å². The molecule has 0 amide bonds. The molecule has 1 atom stereocenters. The zero-order valence-corrected chi connectivity index (χ0v) is 6.32. The Labute approximate surface area is 65.1 Å². The Morgan fingerprint density at radius 1 is 1.60 bits per heavy atom. The Bertz CT molecular complexity index is 250. The first kappa shape index (κ1) is 6.25. The third-order valence-corrected chi connectivity index (χ3v) is 2.46. The van der Waals surface area contributed by atoms with Gasteiger partial charge in [-0.15, -0.1) is 0 Å². The van der Waals surface area contributed by atoms with Crippen LogP contribution >= 0.6 is 12.2 Å². The first-order valence-electron chi connectivity index (χ1n) is 3.40. The molecule has 0 bridgehead atoms. The van der Waals surface area contributed by atoms with Crippen molar-refractivity contribution < 1.29 is 5.11 Å². The van der Waals surface area contributed by atoms with Gasteiger partial charge in [0.15, 0.2) is 0 Å². The summed E-state index contributed by atoms with van der Waals surface area (Å²) in [6.45, 7) is 0. The molecule has 0 spiro atoms. The van der Waals surface area contributed by atoms with E-state index in [2.05, 4.69) is 0 Å². The van der Waals surface area contributed by atoms with Crippen LogP contribution < -0.4 is 0 Å². The summed E-state index contributed by atoms with van der Waals surface area (Å²) >= 11 is 5.09. The van der Waals surface area contributed by atoms with Crippen LogP contribution in [0.2, 0.25) is 0 Å². The number of aliphatic hydroxyl groups excluding tert-OH is 1. The van der Waals surface area contributed by atoms with Gasteiger partial charge in [0.2, 0.25) is 0 Å². The summed E-state index contributed by atoms with van der Waals surface area (Å²) < 4.78 is 0. The van der Waals surface area contributed by atoms with E-state index in [1.165, 1.54) is 5.57 Å². The number of rotatable bonds is 0. The second kappa shape index (κ2) is 2.01. The lowest BCUT2D eigenvalue weighted by atomic mass is 9.79. The normalized spacial score (nSPS) is 30.1. The van der Waals surface area contributed by atoms with Crippen LogP contribution in [0.4, 0.5) is 0 Å². The smallest absolute Gasteiger partial charge is 0.0833 e. The van der Waals surface area contributed by atoms with Gasteiger partial charge in [-0.3, -0.25) is 0 Å². The van der Waals surface area contributed by atoms with Gasteiger partial charge in [0.1, 0.15) is 0 Å². The van der Waals surface area contributed by atoms with Crippen molar-refractivity contribution in [1.29, 1.82) is 0 Å². The second-order valence-electron chi connectivity index (χ2n) is 2.68. The number of hydrogen-bond donors (Lipinski definition) is 1. The Kier molecular flexibility index (Phi) is 1.25. The molecule has 0 heterocycles. The Hall–Kier alpha value is -0.470. The van der Waals surface area contributed by atoms with Crippen molar-refractivity contribution in [2.24, 2.45) is 0 Å². The van der Waals surface area contributed by atoms with Crippen molar-refractivity contribution in [3.63, 3.8) is 0 Å². The predicted molar refractivity (Wildman–Crippen MR) is 44.0 cm³/mol. The maximum atomic E-state index is 9.19. The van der Waals surface area contributed by atoms with E-state index in [1.807, 2.05) is 12.2 Å². The summed E-state index contributed by atoms with van der Waals surface area (Å²) in [5, 5.41) is 9.19. The van der Waals surface area contributed by atoms with Gasteiger partial charge in [0.25, 0.3) is 0 Å². The minimum Gasteiger partial charge on any atom is -0.388 e. The Balaban J connectivity index is 2.38. The molecule has 2 heteroatoms. The average Bonchev–Trinajstić information content (AvgIpc) is 1.91. The molecular weight excluding hydrogens is 144 g/mol. The highest BCUT2D eigenvalue weighted by Crippen LogP contribution is 2.34. The van der Waals surface area contributed by atoms with Crippen molar-refractivity contribution in [2.45, 2.75) is 18.9 Å². The molecule has 0 radical (unpaired) electrons. The molecule has 1 nitrogen and oxygen atoms in total. The standard InChI is InChI=1S/C8H8OS/c9-7-4-6-5(7)2-1-3-8(6)10/h1-2,7,9H,3-4H2. The third-order valence-electron chi connectivity index (χ3n) is 2.04. The van der Waals surface area contributed by atoms with Gasteiger partial charge >= 0.3 is 0 Å². The molecule has 0 aliphatic heterocycles. The molecule has 1 unspecified atom stereocenters. The minimum absolute atomic E-state index is 0.232. The third kappa shape index (κ3) is 0.693. The Morgan fingerprint density at radius 2 is 2.40 bits per heavy atom. The van der Waals surface area contributed by atoms with Crippen LogP contribution in [-0.4, -0.2) is 16.1 Å². The number of allylic oxidation sites excluding steroid dienone is 1. The predicted octanol–water partition coefficient (Wildman–Crippen LogP) is 1.38. The molecule has 1 N–H and O–H groups in total. The maximum absolute atomic E-state index is 9.19. The lowest BCUT2D eigenvalue weighted by molar-refractivity contribution is 0.195. The van der Waals surface area contributed by atoms with E-state index < -0.39 is 0 Å². The molecule has 0 aromatic rings. The maximum Gasteiger partial charge on any atom is 0.0833 e. The van der Waals surface area contributed by atoms with Crippen LogP contribution in [0.5, 0.6) is 0 Å². The van der Waals surface area contributed by atoms with Gasteiger partial charge < -0.3 is 5.11 Å². The van der Waals surface area contributed by atoms with Crippen molar-refractivity contribution >= 4 is 17.1 Å². The molecule has 10 heavy (non-hydrogen) atoms. The highest BCUT2D eigenvalue weighted by atomic mass is 32.1. The average molecular weight is 152 g/mol. The van der Waals surface area contributed by atoms with E-state index in [0.717, 1.165) is 23.3 Å². The van der Waals surface area contributed by atoms with E-state index in [9.17, 15) is 5.11 Å². The van der Waals surface area contributed by atoms with Crippen LogP contribution in [0.1, 0.15) is 12.8 Å². The van der Waals surface area contributed by atoms with Gasteiger partial charge in [-0.25, -0.2) is 0 Å². The largest absolute Gasteiger partial charge is 0.388 e. The lowest BCUT2D eigenvalue weighted by Crippen LogP contribution is -2.28. The highest BCUT2D eigenvalue weighted by Gasteiger charge is 2.29. The summed E-state index contributed by atoms with van der Waals surface area (Å²) in [4.78, 5) is 1.02. The van der Waals surface area contributed by atoms with Gasteiger partial charge in [-0.2, -0.15) is 0 Å². The molecule has 0 aromatic heterocycles. The molecule has 52 valence electrons. The monoisotopic (exact) mass is 152 g/mol. The number of aliphatic hydroxyl groups is 1. The molecule has 2 rings (SSSR count). The molecule has 2 aliphatic carbocycles. The zero-order chi connectivity index (χ0) is 7.14. The quantitative estimate of drug-likeness (QED) is 0.529. The number of thiocarbonyl (C=S) groups is 1. The highest BCUT2D eigenvalue weighted by molar-refractivity contribution is 7.80. The van der Waals surface area contributed by atoms with Gasteiger partial charge in [0, 0.05) is 17.7 Å². The fourth-order valence-electron chi connectivity index (χ4n) is 1.39. The summed E-state index contributed by atoms with van der Waals surface area (Å²) in [6.07, 6.45) is 5.44.